The average molecular weight is 617 g/mol. The molecule has 0 fully saturated rings. The maximum Gasteiger partial charge on any atom is 0.252 e. The number of anilines is 5. The van der Waals surface area contributed by atoms with Crippen LogP contribution >= 0.6 is 0 Å². The fourth-order valence-corrected chi connectivity index (χ4v) is 7.48. The first kappa shape index (κ1) is 31.4. The van der Waals surface area contributed by atoms with Crippen LogP contribution in [-0.2, 0) is 22.8 Å². The van der Waals surface area contributed by atoms with E-state index in [-0.39, 0.29) is 23.0 Å². The van der Waals surface area contributed by atoms with E-state index in [0.717, 1.165) is 6.54 Å². The summed E-state index contributed by atoms with van der Waals surface area (Å²) in [6.45, 7) is 24.1. The monoisotopic (exact) mass is 616 g/mol. The van der Waals surface area contributed by atoms with Crippen molar-refractivity contribution in [1.29, 1.82) is 0 Å². The third kappa shape index (κ3) is 5.48. The Morgan fingerprint density at radius 1 is 0.511 bits per heavy atom. The first-order valence-electron chi connectivity index (χ1n) is 17.3. The Kier molecular flexibility index (Phi) is 7.28. The van der Waals surface area contributed by atoms with Gasteiger partial charge in [0, 0.05) is 35.0 Å². The van der Waals surface area contributed by atoms with E-state index < -0.39 is 0 Å². The molecule has 2 aliphatic rings. The highest BCUT2D eigenvalue weighted by Crippen LogP contribution is 2.44. The van der Waals surface area contributed by atoms with E-state index in [1.54, 1.807) is 0 Å². The molecular weight excluding hydrogens is 567 g/mol. The predicted octanol–water partition coefficient (Wildman–Crippen LogP) is 9.84. The number of aryl methyl sites for hydroxylation is 1. The van der Waals surface area contributed by atoms with Gasteiger partial charge in [-0.3, -0.25) is 0 Å². The summed E-state index contributed by atoms with van der Waals surface area (Å²) in [5, 5.41) is 0. The van der Waals surface area contributed by atoms with E-state index in [4.69, 9.17) is 0 Å². The Bertz CT molecular complexity index is 1970. The summed E-state index contributed by atoms with van der Waals surface area (Å²) < 4.78 is 0. The molecule has 0 aliphatic carbocycles. The van der Waals surface area contributed by atoms with Gasteiger partial charge in [0.05, 0.1) is 0 Å². The van der Waals surface area contributed by atoms with Crippen LogP contribution in [0.1, 0.15) is 90.1 Å². The van der Waals surface area contributed by atoms with Crippen molar-refractivity contribution in [3.8, 4) is 0 Å². The number of fused-ring (bicyclic) bond motifs is 4. The fourth-order valence-electron chi connectivity index (χ4n) is 7.48. The zero-order chi connectivity index (χ0) is 33.5. The van der Waals surface area contributed by atoms with E-state index >= 15 is 0 Å². The molecule has 0 atom stereocenters. The molecule has 0 spiro atoms. The standard InChI is InChI=1S/C44H49BN2/c1-29-24-39-41-40(25-29)47(34-20-16-31(17-21-34)42(2,3)4)38-23-19-33(44(8,9)10)27-36(38)45(41)35-26-32(43(5,6)7)18-22-37(35)46(39)28-30-14-12-11-13-15-30/h11-27H,28H2,1-10H3. The minimum absolute atomic E-state index is 0.0364. The molecule has 0 aromatic heterocycles. The highest BCUT2D eigenvalue weighted by atomic mass is 15.2. The first-order chi connectivity index (χ1) is 22.1. The number of nitrogens with zero attached hydrogens (tertiary/aromatic N) is 2. The van der Waals surface area contributed by atoms with Crippen molar-refractivity contribution in [2.45, 2.75) is 92.0 Å². The number of hydrogen-bond acceptors (Lipinski definition) is 2. The van der Waals surface area contributed by atoms with Gasteiger partial charge in [0.15, 0.2) is 0 Å². The summed E-state index contributed by atoms with van der Waals surface area (Å²) in [6.07, 6.45) is 0. The Morgan fingerprint density at radius 2 is 1.02 bits per heavy atom. The molecule has 0 saturated carbocycles. The molecule has 7 rings (SSSR count). The maximum absolute atomic E-state index is 2.58. The summed E-state index contributed by atoms with van der Waals surface area (Å²) in [5.74, 6) is 0. The van der Waals surface area contributed by atoms with Gasteiger partial charge in [-0.15, -0.1) is 0 Å². The highest BCUT2D eigenvalue weighted by molar-refractivity contribution is 7.00. The van der Waals surface area contributed by atoms with E-state index in [1.165, 1.54) is 72.6 Å². The van der Waals surface area contributed by atoms with Gasteiger partial charge in [-0.05, 0) is 104 Å². The summed E-state index contributed by atoms with van der Waals surface area (Å²) in [5.41, 5.74) is 17.5. The molecule has 0 amide bonds. The molecule has 3 heteroatoms. The van der Waals surface area contributed by atoms with Crippen LogP contribution in [-0.4, -0.2) is 6.71 Å². The first-order valence-corrected chi connectivity index (χ1v) is 17.3. The van der Waals surface area contributed by atoms with E-state index in [0.29, 0.717) is 0 Å². The van der Waals surface area contributed by atoms with Crippen LogP contribution in [0.25, 0.3) is 0 Å². The van der Waals surface area contributed by atoms with Crippen LogP contribution in [0.4, 0.5) is 28.4 Å². The Balaban J connectivity index is 1.55. The van der Waals surface area contributed by atoms with Crippen LogP contribution in [0.3, 0.4) is 0 Å². The second-order valence-corrected chi connectivity index (χ2v) is 16.9. The normalized spacial score (nSPS) is 14.1. The summed E-state index contributed by atoms with van der Waals surface area (Å²) in [7, 11) is 0. The molecule has 0 bridgehead atoms. The Labute approximate surface area is 283 Å². The predicted molar refractivity (Wildman–Crippen MR) is 205 cm³/mol. The van der Waals surface area contributed by atoms with Gasteiger partial charge < -0.3 is 9.80 Å². The van der Waals surface area contributed by atoms with Crippen molar-refractivity contribution in [1.82, 2.24) is 0 Å². The molecule has 47 heavy (non-hydrogen) atoms. The van der Waals surface area contributed by atoms with Crippen LogP contribution in [0.2, 0.25) is 0 Å². The van der Waals surface area contributed by atoms with Crippen molar-refractivity contribution in [2.75, 3.05) is 9.80 Å². The van der Waals surface area contributed by atoms with Crippen LogP contribution in [0, 0.1) is 6.92 Å². The average Bonchev–Trinajstić information content (AvgIpc) is 3.01. The van der Waals surface area contributed by atoms with Gasteiger partial charge in [0.25, 0.3) is 6.71 Å². The molecule has 2 heterocycles. The van der Waals surface area contributed by atoms with Gasteiger partial charge >= 0.3 is 0 Å². The molecule has 0 N–H and O–H groups in total. The van der Waals surface area contributed by atoms with Crippen molar-refractivity contribution < 1.29 is 0 Å². The van der Waals surface area contributed by atoms with Crippen LogP contribution < -0.4 is 26.2 Å². The summed E-state index contributed by atoms with van der Waals surface area (Å²) in [4.78, 5) is 5.12. The summed E-state index contributed by atoms with van der Waals surface area (Å²) in [6, 6.07) is 39.6. The molecule has 5 aromatic carbocycles. The number of hydrogen-bond donors (Lipinski definition) is 0. The third-order valence-corrected chi connectivity index (χ3v) is 10.2. The third-order valence-electron chi connectivity index (χ3n) is 10.2. The SMILES string of the molecule is Cc1cc2c3c(c1)N(c1ccc(C(C)(C)C)cc1)c1ccc(C(C)(C)C)cc1B3c1cc(C(C)(C)C)ccc1N2Cc1ccccc1. The van der Waals surface area contributed by atoms with E-state index in [9.17, 15) is 0 Å². The molecule has 0 unspecified atom stereocenters. The van der Waals surface area contributed by atoms with Crippen molar-refractivity contribution in [2.24, 2.45) is 0 Å². The van der Waals surface area contributed by atoms with Gasteiger partial charge in [0.1, 0.15) is 0 Å². The Hall–Kier alpha value is -4.24. The molecule has 0 radical (unpaired) electrons. The number of benzene rings is 5. The second-order valence-electron chi connectivity index (χ2n) is 16.9. The molecule has 2 nitrogen and oxygen atoms in total. The fraction of sp³-hybridized carbons (Fsp3) is 0.318. The minimum Gasteiger partial charge on any atom is -0.338 e. The maximum atomic E-state index is 2.58. The quantitative estimate of drug-likeness (QED) is 0.183. The minimum atomic E-state index is 0.0364. The smallest absolute Gasteiger partial charge is 0.252 e. The number of rotatable bonds is 3. The van der Waals surface area contributed by atoms with E-state index in [2.05, 4.69) is 182 Å². The van der Waals surface area contributed by atoms with Crippen LogP contribution in [0.5, 0.6) is 0 Å². The molecular formula is C44H49BN2. The molecule has 5 aromatic rings. The molecule has 0 saturated heterocycles. The lowest BCUT2D eigenvalue weighted by atomic mass is 9.33. The Morgan fingerprint density at radius 3 is 1.60 bits per heavy atom. The topological polar surface area (TPSA) is 6.48 Å². The van der Waals surface area contributed by atoms with E-state index in [1.807, 2.05) is 0 Å². The molecule has 2 aliphatic heterocycles. The van der Waals surface area contributed by atoms with Crippen molar-refractivity contribution >= 4 is 51.5 Å². The summed E-state index contributed by atoms with van der Waals surface area (Å²) >= 11 is 0. The zero-order valence-electron chi connectivity index (χ0n) is 30.0. The highest BCUT2D eigenvalue weighted by Gasteiger charge is 2.44. The largest absolute Gasteiger partial charge is 0.338 e. The van der Waals surface area contributed by atoms with Gasteiger partial charge in [-0.25, -0.2) is 0 Å². The van der Waals surface area contributed by atoms with Crippen molar-refractivity contribution in [3.05, 3.63) is 131 Å². The lowest BCUT2D eigenvalue weighted by Gasteiger charge is -2.45. The van der Waals surface area contributed by atoms with Crippen LogP contribution in [0.15, 0.2) is 103 Å². The zero-order valence-corrected chi connectivity index (χ0v) is 30.0. The van der Waals surface area contributed by atoms with Gasteiger partial charge in [0.2, 0.25) is 0 Å². The lowest BCUT2D eigenvalue weighted by Crippen LogP contribution is -2.62. The lowest BCUT2D eigenvalue weighted by molar-refractivity contribution is 0.590. The second kappa shape index (κ2) is 10.9. The molecule has 238 valence electrons. The van der Waals surface area contributed by atoms with Gasteiger partial charge in [-0.1, -0.05) is 129 Å². The van der Waals surface area contributed by atoms with Gasteiger partial charge in [-0.2, -0.15) is 0 Å². The van der Waals surface area contributed by atoms with Crippen molar-refractivity contribution in [3.63, 3.8) is 0 Å².